The normalized spacial score (nSPS) is 14.7. The van der Waals surface area contributed by atoms with Crippen LogP contribution < -0.4 is 11.3 Å². The molecule has 0 aromatic carbocycles. The van der Waals surface area contributed by atoms with Gasteiger partial charge in [-0.05, 0) is 50.0 Å². The molecule has 0 radical (unpaired) electrons. The van der Waals surface area contributed by atoms with E-state index in [1.807, 2.05) is 13.8 Å². The van der Waals surface area contributed by atoms with Gasteiger partial charge in [-0.25, -0.2) is 20.8 Å². The second kappa shape index (κ2) is 5.03. The molecule has 2 heterocycles. The largest absolute Gasteiger partial charge is 0.308 e. The molecule has 0 saturated heterocycles. The van der Waals surface area contributed by atoms with Gasteiger partial charge in [0.05, 0.1) is 0 Å². The fourth-order valence-corrected chi connectivity index (χ4v) is 3.33. The van der Waals surface area contributed by atoms with Crippen molar-refractivity contribution in [3.05, 3.63) is 17.2 Å². The number of aryl methyl sites for hydroxylation is 1. The molecule has 0 bridgehead atoms. The zero-order valence-corrected chi connectivity index (χ0v) is 12.3. The maximum Gasteiger partial charge on any atom is 0.176 e. The van der Waals surface area contributed by atoms with Crippen LogP contribution in [0.15, 0.2) is 9.37 Å². The lowest BCUT2D eigenvalue weighted by atomic mass is 10.3. The lowest BCUT2D eigenvalue weighted by Gasteiger charge is -2.10. The molecule has 3 N–H and O–H groups in total. The number of anilines is 1. The van der Waals surface area contributed by atoms with Crippen LogP contribution in [0.5, 0.6) is 0 Å². The third kappa shape index (κ3) is 2.70. The molecule has 1 aliphatic carbocycles. The molecular weight excluding hydrogens is 280 g/mol. The molecule has 0 unspecified atom stereocenters. The van der Waals surface area contributed by atoms with Gasteiger partial charge in [0.2, 0.25) is 0 Å². The van der Waals surface area contributed by atoms with Crippen LogP contribution in [0.2, 0.25) is 0 Å². The predicted molar refractivity (Wildman–Crippen MR) is 75.3 cm³/mol. The van der Waals surface area contributed by atoms with E-state index in [0.29, 0.717) is 11.7 Å². The van der Waals surface area contributed by atoms with Gasteiger partial charge in [0.15, 0.2) is 4.34 Å². The highest BCUT2D eigenvalue weighted by molar-refractivity contribution is 8.00. The third-order valence-electron chi connectivity index (χ3n) is 2.89. The molecule has 0 atom stereocenters. The van der Waals surface area contributed by atoms with Gasteiger partial charge in [0.1, 0.15) is 22.5 Å². The first-order chi connectivity index (χ1) is 9.17. The van der Waals surface area contributed by atoms with Gasteiger partial charge >= 0.3 is 0 Å². The Hall–Kier alpha value is -1.25. The summed E-state index contributed by atoms with van der Waals surface area (Å²) >= 11 is 2.91. The molecule has 0 amide bonds. The minimum atomic E-state index is 0.489. The zero-order chi connectivity index (χ0) is 13.4. The minimum absolute atomic E-state index is 0.489. The fourth-order valence-electron chi connectivity index (χ4n) is 1.68. The number of nitrogens with one attached hydrogen (secondary N) is 1. The maximum atomic E-state index is 5.53. The number of nitrogens with zero attached hydrogens (tertiary/aromatic N) is 4. The van der Waals surface area contributed by atoms with E-state index in [4.69, 9.17) is 5.84 Å². The number of hydrazine groups is 1. The summed E-state index contributed by atoms with van der Waals surface area (Å²) in [5.41, 5.74) is 3.60. The lowest BCUT2D eigenvalue weighted by Crippen LogP contribution is -2.13. The van der Waals surface area contributed by atoms with Crippen LogP contribution in [0.1, 0.15) is 36.0 Å². The fraction of sp³-hybridized carbons (Fsp3) is 0.455. The van der Waals surface area contributed by atoms with E-state index in [1.165, 1.54) is 23.3 Å². The maximum absolute atomic E-state index is 5.53. The Kier molecular flexibility index (Phi) is 3.38. The molecule has 8 heteroatoms. The van der Waals surface area contributed by atoms with Crippen LogP contribution in [-0.2, 0) is 0 Å². The summed E-state index contributed by atoms with van der Waals surface area (Å²) in [6.45, 7) is 3.85. The zero-order valence-electron chi connectivity index (χ0n) is 10.7. The topological polar surface area (TPSA) is 89.6 Å². The van der Waals surface area contributed by atoms with E-state index < -0.39 is 0 Å². The van der Waals surface area contributed by atoms with Gasteiger partial charge in [-0.15, -0.1) is 0 Å². The molecule has 2 aromatic heterocycles. The molecule has 6 nitrogen and oxygen atoms in total. The molecule has 0 spiro atoms. The van der Waals surface area contributed by atoms with Crippen LogP contribution in [0, 0.1) is 13.8 Å². The van der Waals surface area contributed by atoms with Crippen molar-refractivity contribution in [2.24, 2.45) is 5.84 Å². The van der Waals surface area contributed by atoms with Crippen molar-refractivity contribution < 1.29 is 0 Å². The summed E-state index contributed by atoms with van der Waals surface area (Å²) in [4.78, 5) is 13.5. The van der Waals surface area contributed by atoms with Crippen molar-refractivity contribution in [1.29, 1.82) is 0 Å². The molecule has 2 aromatic rings. The van der Waals surface area contributed by atoms with Crippen LogP contribution >= 0.6 is 23.3 Å². The van der Waals surface area contributed by atoms with Crippen molar-refractivity contribution in [3.63, 3.8) is 0 Å². The number of hydrogen-bond donors (Lipinski definition) is 2. The summed E-state index contributed by atoms with van der Waals surface area (Å²) in [5, 5.41) is 0.904. The first-order valence-corrected chi connectivity index (χ1v) is 7.59. The Labute approximate surface area is 119 Å². The Morgan fingerprint density at radius 2 is 2.05 bits per heavy atom. The molecule has 19 heavy (non-hydrogen) atoms. The smallest absolute Gasteiger partial charge is 0.176 e. The molecule has 100 valence electrons. The Morgan fingerprint density at radius 1 is 1.26 bits per heavy atom. The second-order valence-corrected chi connectivity index (χ2v) is 6.48. The number of nitrogens with two attached hydrogens (primary N) is 1. The monoisotopic (exact) mass is 294 g/mol. The van der Waals surface area contributed by atoms with E-state index >= 15 is 0 Å². The second-order valence-electron chi connectivity index (χ2n) is 4.49. The average Bonchev–Trinajstić information content (AvgIpc) is 3.16. The van der Waals surface area contributed by atoms with Gasteiger partial charge < -0.3 is 5.43 Å². The highest BCUT2D eigenvalue weighted by Crippen LogP contribution is 2.40. The summed E-state index contributed by atoms with van der Waals surface area (Å²) < 4.78 is 5.07. The van der Waals surface area contributed by atoms with Crippen molar-refractivity contribution in [1.82, 2.24) is 19.3 Å². The highest BCUT2D eigenvalue weighted by Gasteiger charge is 2.28. The van der Waals surface area contributed by atoms with Crippen molar-refractivity contribution in [3.8, 4) is 0 Å². The van der Waals surface area contributed by atoms with Crippen molar-refractivity contribution in [2.75, 3.05) is 5.43 Å². The lowest BCUT2D eigenvalue weighted by molar-refractivity contribution is 0.861. The van der Waals surface area contributed by atoms with Crippen LogP contribution in [0.3, 0.4) is 0 Å². The van der Waals surface area contributed by atoms with E-state index in [1.54, 1.807) is 0 Å². The quantitative estimate of drug-likeness (QED) is 0.508. The van der Waals surface area contributed by atoms with Gasteiger partial charge in [-0.2, -0.15) is 4.37 Å². The van der Waals surface area contributed by atoms with Crippen LogP contribution in [0.25, 0.3) is 0 Å². The number of nitrogen functional groups attached to an aromatic ring is 1. The van der Waals surface area contributed by atoms with Crippen molar-refractivity contribution in [2.45, 2.75) is 42.0 Å². The first kappa shape index (κ1) is 12.8. The Bertz CT molecular complexity index is 607. The van der Waals surface area contributed by atoms with Crippen LogP contribution in [-0.4, -0.2) is 19.3 Å². The highest BCUT2D eigenvalue weighted by atomic mass is 32.2. The number of rotatable bonds is 4. The molecule has 1 fully saturated rings. The summed E-state index contributed by atoms with van der Waals surface area (Å²) in [7, 11) is 0. The average molecular weight is 294 g/mol. The van der Waals surface area contributed by atoms with E-state index in [9.17, 15) is 0 Å². The number of hydrogen-bond acceptors (Lipinski definition) is 8. The summed E-state index contributed by atoms with van der Waals surface area (Å²) in [5.74, 6) is 8.38. The molecular formula is C11H14N6S2. The molecule has 0 aliphatic heterocycles. The van der Waals surface area contributed by atoms with Gasteiger partial charge in [0, 0.05) is 11.5 Å². The SMILES string of the molecule is Cc1nsc(Sc2nc(C3CC3)nc(NN)c2C)n1. The van der Waals surface area contributed by atoms with Gasteiger partial charge in [0.25, 0.3) is 0 Å². The minimum Gasteiger partial charge on any atom is -0.308 e. The van der Waals surface area contributed by atoms with E-state index in [0.717, 1.165) is 39.4 Å². The van der Waals surface area contributed by atoms with E-state index in [-0.39, 0.29) is 0 Å². The first-order valence-electron chi connectivity index (χ1n) is 6.00. The Morgan fingerprint density at radius 3 is 2.63 bits per heavy atom. The summed E-state index contributed by atoms with van der Waals surface area (Å²) in [6, 6.07) is 0. The predicted octanol–water partition coefficient (Wildman–Crippen LogP) is 2.26. The molecule has 1 saturated carbocycles. The van der Waals surface area contributed by atoms with E-state index in [2.05, 4.69) is 24.8 Å². The standard InChI is InChI=1S/C11H14N6S2/c1-5-8(16-12)14-9(7-3-4-7)15-10(5)18-11-13-6(2)17-19-11/h7H,3-4,12H2,1-2H3,(H,14,15,16). The third-order valence-corrected chi connectivity index (χ3v) is 4.82. The van der Waals surface area contributed by atoms with Gasteiger partial charge in [-0.3, -0.25) is 0 Å². The summed E-state index contributed by atoms with van der Waals surface area (Å²) in [6.07, 6.45) is 2.32. The molecule has 1 aliphatic rings. The Balaban J connectivity index is 1.96. The van der Waals surface area contributed by atoms with Gasteiger partial charge in [-0.1, -0.05) is 0 Å². The van der Waals surface area contributed by atoms with Crippen LogP contribution in [0.4, 0.5) is 5.82 Å². The van der Waals surface area contributed by atoms with Crippen molar-refractivity contribution >= 4 is 29.1 Å². The number of aromatic nitrogens is 4. The molecule has 3 rings (SSSR count).